The monoisotopic (exact) mass is 371 g/mol. The SMILES string of the molecule is CCCCCCCCCCCCCCCCC(C(=O)[O-])C(=O)C(O)CO. The maximum absolute atomic E-state index is 11.6. The van der Waals surface area contributed by atoms with E-state index in [2.05, 4.69) is 6.92 Å². The molecule has 0 aromatic heterocycles. The predicted molar refractivity (Wildman–Crippen MR) is 102 cm³/mol. The van der Waals surface area contributed by atoms with E-state index in [4.69, 9.17) is 5.11 Å². The van der Waals surface area contributed by atoms with Crippen LogP contribution in [-0.2, 0) is 9.59 Å². The lowest BCUT2D eigenvalue weighted by Crippen LogP contribution is -2.42. The second-order valence-electron chi connectivity index (χ2n) is 7.36. The number of aliphatic carboxylic acids is 1. The summed E-state index contributed by atoms with van der Waals surface area (Å²) in [4.78, 5) is 22.7. The first-order valence-corrected chi connectivity index (χ1v) is 10.6. The molecule has 0 amide bonds. The molecule has 5 heteroatoms. The van der Waals surface area contributed by atoms with Gasteiger partial charge < -0.3 is 20.1 Å². The molecule has 0 bridgehead atoms. The zero-order chi connectivity index (χ0) is 19.6. The molecule has 2 atom stereocenters. The number of Topliss-reactive ketones (excluding diaryl/α,β-unsaturated/α-hetero) is 1. The molecule has 0 aliphatic carbocycles. The molecular weight excluding hydrogens is 332 g/mol. The molecule has 0 aromatic carbocycles. The van der Waals surface area contributed by atoms with Gasteiger partial charge in [0, 0.05) is 0 Å². The number of carboxylic acid groups (broad SMARTS) is 1. The van der Waals surface area contributed by atoms with E-state index in [9.17, 15) is 19.8 Å². The molecule has 5 nitrogen and oxygen atoms in total. The molecule has 0 saturated heterocycles. The van der Waals surface area contributed by atoms with Crippen molar-refractivity contribution in [3.63, 3.8) is 0 Å². The third kappa shape index (κ3) is 13.3. The summed E-state index contributed by atoms with van der Waals surface area (Å²) in [5.74, 6) is -3.62. The maximum atomic E-state index is 11.6. The summed E-state index contributed by atoms with van der Waals surface area (Å²) in [6.07, 6.45) is 15.5. The van der Waals surface area contributed by atoms with Crippen molar-refractivity contribution < 1.29 is 24.9 Å². The molecule has 0 fully saturated rings. The van der Waals surface area contributed by atoms with Gasteiger partial charge >= 0.3 is 0 Å². The van der Waals surface area contributed by atoms with Crippen molar-refractivity contribution in [3.8, 4) is 0 Å². The maximum Gasteiger partial charge on any atom is 0.172 e. The van der Waals surface area contributed by atoms with Crippen LogP contribution in [0.2, 0.25) is 0 Å². The lowest BCUT2D eigenvalue weighted by Gasteiger charge is -2.19. The van der Waals surface area contributed by atoms with E-state index in [1.165, 1.54) is 64.2 Å². The molecule has 26 heavy (non-hydrogen) atoms. The number of rotatable bonds is 19. The van der Waals surface area contributed by atoms with Gasteiger partial charge in [-0.15, -0.1) is 0 Å². The van der Waals surface area contributed by atoms with Crippen molar-refractivity contribution in [2.75, 3.05) is 6.61 Å². The number of aliphatic hydroxyl groups is 2. The van der Waals surface area contributed by atoms with E-state index in [1.807, 2.05) is 0 Å². The molecule has 0 saturated carbocycles. The second-order valence-corrected chi connectivity index (χ2v) is 7.36. The number of carbonyl (C=O) groups excluding carboxylic acids is 2. The fourth-order valence-corrected chi connectivity index (χ4v) is 3.24. The van der Waals surface area contributed by atoms with Crippen molar-refractivity contribution in [1.82, 2.24) is 0 Å². The van der Waals surface area contributed by atoms with Crippen LogP contribution in [0.4, 0.5) is 0 Å². The van der Waals surface area contributed by atoms with Gasteiger partial charge in [-0.3, -0.25) is 4.79 Å². The second kappa shape index (κ2) is 17.5. The normalized spacial score (nSPS) is 13.5. The molecule has 154 valence electrons. The van der Waals surface area contributed by atoms with E-state index in [0.717, 1.165) is 19.3 Å². The lowest BCUT2D eigenvalue weighted by molar-refractivity contribution is -0.310. The number of hydrogen-bond donors (Lipinski definition) is 2. The topological polar surface area (TPSA) is 97.7 Å². The third-order valence-electron chi connectivity index (χ3n) is 4.98. The fourth-order valence-electron chi connectivity index (χ4n) is 3.24. The van der Waals surface area contributed by atoms with Crippen LogP contribution in [0.15, 0.2) is 0 Å². The Morgan fingerprint density at radius 1 is 0.769 bits per heavy atom. The lowest BCUT2D eigenvalue weighted by atomic mass is 9.93. The van der Waals surface area contributed by atoms with Gasteiger partial charge in [-0.25, -0.2) is 0 Å². The van der Waals surface area contributed by atoms with Crippen LogP contribution in [0.5, 0.6) is 0 Å². The minimum absolute atomic E-state index is 0.177. The molecule has 0 spiro atoms. The molecule has 0 rings (SSSR count). The summed E-state index contributed by atoms with van der Waals surface area (Å²) in [7, 11) is 0. The van der Waals surface area contributed by atoms with Crippen LogP contribution >= 0.6 is 0 Å². The van der Waals surface area contributed by atoms with Crippen molar-refractivity contribution in [2.45, 2.75) is 109 Å². The Hall–Kier alpha value is -0.940. The van der Waals surface area contributed by atoms with Crippen molar-refractivity contribution in [1.29, 1.82) is 0 Å². The molecule has 0 aliphatic heterocycles. The highest BCUT2D eigenvalue weighted by Crippen LogP contribution is 2.16. The zero-order valence-electron chi connectivity index (χ0n) is 16.6. The standard InChI is InChI=1S/C21H40O5/c1-2-3-4-5-6-7-8-9-10-11-12-13-14-15-16-18(21(25)26)20(24)19(23)17-22/h18-19,22-23H,2-17H2,1H3,(H,25,26)/p-1. The summed E-state index contributed by atoms with van der Waals surface area (Å²) in [6, 6.07) is 0. The Morgan fingerprint density at radius 2 is 1.15 bits per heavy atom. The largest absolute Gasteiger partial charge is 0.549 e. The minimum atomic E-state index is -1.62. The highest BCUT2D eigenvalue weighted by molar-refractivity contribution is 5.99. The van der Waals surface area contributed by atoms with Gasteiger partial charge in [0.15, 0.2) is 5.78 Å². The van der Waals surface area contributed by atoms with Crippen LogP contribution in [0.3, 0.4) is 0 Å². The minimum Gasteiger partial charge on any atom is -0.549 e. The van der Waals surface area contributed by atoms with Crippen LogP contribution in [0.1, 0.15) is 103 Å². The van der Waals surface area contributed by atoms with E-state index >= 15 is 0 Å². The number of hydrogen-bond acceptors (Lipinski definition) is 5. The Kier molecular flexibility index (Phi) is 16.8. The molecule has 0 heterocycles. The first kappa shape index (κ1) is 25.1. The van der Waals surface area contributed by atoms with Crippen LogP contribution in [0, 0.1) is 5.92 Å². The number of ketones is 1. The summed E-state index contributed by atoms with van der Waals surface area (Å²) >= 11 is 0. The highest BCUT2D eigenvalue weighted by Gasteiger charge is 2.25. The smallest absolute Gasteiger partial charge is 0.172 e. The van der Waals surface area contributed by atoms with Crippen molar-refractivity contribution >= 4 is 11.8 Å². The van der Waals surface area contributed by atoms with E-state index in [1.54, 1.807) is 0 Å². The number of carboxylic acids is 1. The average molecular weight is 372 g/mol. The predicted octanol–water partition coefficient (Wildman–Crippen LogP) is 3.15. The van der Waals surface area contributed by atoms with Gasteiger partial charge in [-0.05, 0) is 6.42 Å². The molecule has 0 aromatic rings. The van der Waals surface area contributed by atoms with Gasteiger partial charge in [-0.1, -0.05) is 96.8 Å². The van der Waals surface area contributed by atoms with Crippen LogP contribution in [-0.4, -0.2) is 34.7 Å². The van der Waals surface area contributed by atoms with Crippen molar-refractivity contribution in [2.24, 2.45) is 5.92 Å². The Bertz CT molecular complexity index is 356. The van der Waals surface area contributed by atoms with E-state index in [-0.39, 0.29) is 6.42 Å². The summed E-state index contributed by atoms with van der Waals surface area (Å²) < 4.78 is 0. The average Bonchev–Trinajstić information content (AvgIpc) is 2.63. The Morgan fingerprint density at radius 3 is 1.50 bits per heavy atom. The zero-order valence-corrected chi connectivity index (χ0v) is 16.6. The molecule has 2 N–H and O–H groups in total. The number of unbranched alkanes of at least 4 members (excludes halogenated alkanes) is 13. The Labute approximate surface area is 159 Å². The van der Waals surface area contributed by atoms with Gasteiger partial charge in [0.25, 0.3) is 0 Å². The molecule has 0 radical (unpaired) electrons. The fraction of sp³-hybridized carbons (Fsp3) is 0.905. The van der Waals surface area contributed by atoms with Crippen molar-refractivity contribution in [3.05, 3.63) is 0 Å². The van der Waals surface area contributed by atoms with Gasteiger partial charge in [0.2, 0.25) is 0 Å². The van der Waals surface area contributed by atoms with Crippen LogP contribution in [0.25, 0.3) is 0 Å². The van der Waals surface area contributed by atoms with Crippen LogP contribution < -0.4 is 5.11 Å². The summed E-state index contributed by atoms with van der Waals surface area (Å²) in [5, 5.41) is 29.0. The number of carbonyl (C=O) groups is 2. The summed E-state index contributed by atoms with van der Waals surface area (Å²) in [5.41, 5.74) is 0. The number of aliphatic hydroxyl groups excluding tert-OH is 2. The van der Waals surface area contributed by atoms with Gasteiger partial charge in [-0.2, -0.15) is 0 Å². The summed E-state index contributed by atoms with van der Waals surface area (Å²) in [6.45, 7) is 1.49. The van der Waals surface area contributed by atoms with E-state index in [0.29, 0.717) is 6.42 Å². The Balaban J connectivity index is 3.51. The quantitative estimate of drug-likeness (QED) is 0.268. The first-order valence-electron chi connectivity index (χ1n) is 10.6. The van der Waals surface area contributed by atoms with Gasteiger partial charge in [0.1, 0.15) is 6.10 Å². The molecule has 2 unspecified atom stereocenters. The highest BCUT2D eigenvalue weighted by atomic mass is 16.4. The van der Waals surface area contributed by atoms with Gasteiger partial charge in [0.05, 0.1) is 18.5 Å². The van der Waals surface area contributed by atoms with E-state index < -0.39 is 30.4 Å². The first-order chi connectivity index (χ1) is 12.5. The third-order valence-corrected chi connectivity index (χ3v) is 4.98. The molecular formula is C21H39O5-. The molecule has 0 aliphatic rings.